The highest BCUT2D eigenvalue weighted by Crippen LogP contribution is 2.35. The summed E-state index contributed by atoms with van der Waals surface area (Å²) in [6.45, 7) is 20.9. The molecule has 0 atom stereocenters. The molecule has 0 amide bonds. The van der Waals surface area contributed by atoms with Gasteiger partial charge in [0.25, 0.3) is 0 Å². The minimum absolute atomic E-state index is 0.612. The highest BCUT2D eigenvalue weighted by Gasteiger charge is 2.11. The Kier molecular flexibility index (Phi) is 32.9. The molecule has 7 N–H and O–H groups in total. The Balaban J connectivity index is 0.000000117. The number of pyridine rings is 4. The molecule has 0 fully saturated rings. The van der Waals surface area contributed by atoms with Crippen LogP contribution in [0.15, 0.2) is 523 Å². The van der Waals surface area contributed by atoms with Crippen molar-refractivity contribution in [2.24, 2.45) is 0 Å². The number of anilines is 12. The van der Waals surface area contributed by atoms with Crippen LogP contribution in [0.5, 0.6) is 0 Å². The SMILES string of the molecule is N#Cc1ccc(Nc2ccc3ccccc3c2)cc1.N#Cc1ccc(Nc2cccc(-c3ccccc3)c2)cc1.[C-]#[N+]c1ccc(Nc2ccc(-c3ccccn3)cc2)cc1.[C-]#[N+]c1ccc(Nc2ccc(-c3ccncc3)cc2)cc1.[C-]#[N+]c1ccc2[nH]c3ccc(C#N)cc3c2c1.c1ccc(-c2ccc(Nc3ccc(-c4cccnc4)cc3)cc2)cc1.c1cncc(-c2ccc(Nc3ccc4ccccc4c3)cc2)c1. The Morgan fingerprint density at radius 1 is 0.204 bits per heavy atom. The van der Waals surface area contributed by atoms with Crippen molar-refractivity contribution in [1.82, 2.24) is 24.9 Å². The second kappa shape index (κ2) is 49.8. The Labute approximate surface area is 854 Å². The van der Waals surface area contributed by atoms with Gasteiger partial charge < -0.3 is 36.9 Å². The lowest BCUT2D eigenvalue weighted by atomic mass is 10.1. The summed E-state index contributed by atoms with van der Waals surface area (Å²) in [6, 6.07) is 165. The van der Waals surface area contributed by atoms with E-state index in [-0.39, 0.29) is 0 Å². The zero-order valence-corrected chi connectivity index (χ0v) is 79.6. The Morgan fingerprint density at radius 3 is 0.918 bits per heavy atom. The van der Waals surface area contributed by atoms with Gasteiger partial charge in [-0.3, -0.25) is 19.9 Å². The molecule has 0 aliphatic heterocycles. The number of hydrogen-bond acceptors (Lipinski definition) is 13. The molecule has 0 bridgehead atoms. The Morgan fingerprint density at radius 2 is 0.517 bits per heavy atom. The van der Waals surface area contributed by atoms with Crippen molar-refractivity contribution in [3.05, 3.63) is 574 Å². The van der Waals surface area contributed by atoms with E-state index in [1.54, 1.807) is 67.4 Å². The predicted octanol–water partition coefficient (Wildman–Crippen LogP) is 35.1. The smallest absolute Gasteiger partial charge is 0.188 e. The molecule has 23 aromatic rings. The van der Waals surface area contributed by atoms with E-state index in [9.17, 15) is 0 Å². The normalized spacial score (nSPS) is 10.1. The van der Waals surface area contributed by atoms with Crippen molar-refractivity contribution in [2.45, 2.75) is 0 Å². The third-order valence-corrected chi connectivity index (χ3v) is 23.6. The molecule has 17 nitrogen and oxygen atoms in total. The summed E-state index contributed by atoms with van der Waals surface area (Å²) in [4.78, 5) is 30.1. The van der Waals surface area contributed by atoms with E-state index >= 15 is 0 Å². The second-order valence-corrected chi connectivity index (χ2v) is 33.5. The predicted molar refractivity (Wildman–Crippen MR) is 605 cm³/mol. The fourth-order valence-corrected chi connectivity index (χ4v) is 15.9. The number of rotatable bonds is 18. The highest BCUT2D eigenvalue weighted by molar-refractivity contribution is 6.09. The van der Waals surface area contributed by atoms with Crippen molar-refractivity contribution >= 4 is 129 Å². The summed E-state index contributed by atoms with van der Waals surface area (Å²) >= 11 is 0. The molecule has 5 heterocycles. The van der Waals surface area contributed by atoms with Gasteiger partial charge in [-0.15, -0.1) is 0 Å². The van der Waals surface area contributed by atoms with Gasteiger partial charge in [0.15, 0.2) is 17.1 Å². The fraction of sp³-hybridized carbons (Fsp3) is 0. The molecule has 23 rings (SSSR count). The van der Waals surface area contributed by atoms with Crippen molar-refractivity contribution in [2.75, 3.05) is 31.9 Å². The summed E-state index contributed by atoms with van der Waals surface area (Å²) in [5.74, 6) is 0. The molecule has 18 aromatic carbocycles. The van der Waals surface area contributed by atoms with Gasteiger partial charge in [0.1, 0.15) is 0 Å². The third kappa shape index (κ3) is 27.6. The molecule has 0 aliphatic rings. The molecule has 0 aliphatic carbocycles. The maximum Gasteiger partial charge on any atom is 0.188 e. The topological polar surface area (TPSA) is 224 Å². The first-order valence-corrected chi connectivity index (χ1v) is 47.2. The van der Waals surface area contributed by atoms with E-state index in [1.165, 1.54) is 49.4 Å². The number of benzene rings is 18. The van der Waals surface area contributed by atoms with Crippen LogP contribution in [-0.2, 0) is 0 Å². The number of nitriles is 3. The minimum atomic E-state index is 0.612. The van der Waals surface area contributed by atoms with Gasteiger partial charge in [-0.25, -0.2) is 14.5 Å². The van der Waals surface area contributed by atoms with Crippen LogP contribution in [0.2, 0.25) is 0 Å². The van der Waals surface area contributed by atoms with E-state index in [0.717, 1.165) is 129 Å². The Bertz CT molecular complexity index is 8260. The van der Waals surface area contributed by atoms with E-state index < -0.39 is 0 Å². The van der Waals surface area contributed by atoms with Crippen molar-refractivity contribution < 1.29 is 0 Å². The zero-order chi connectivity index (χ0) is 101. The van der Waals surface area contributed by atoms with Crippen molar-refractivity contribution in [3.63, 3.8) is 0 Å². The average Bonchev–Trinajstić information content (AvgIpc) is 1.63. The lowest BCUT2D eigenvalue weighted by Gasteiger charge is -2.09. The van der Waals surface area contributed by atoms with E-state index in [0.29, 0.717) is 33.8 Å². The number of hydrogen-bond donors (Lipinski definition) is 7. The molecular formula is C130H93N17. The van der Waals surface area contributed by atoms with Crippen LogP contribution in [0.3, 0.4) is 0 Å². The van der Waals surface area contributed by atoms with Gasteiger partial charge in [0.05, 0.1) is 60.3 Å². The largest absolute Gasteiger partial charge is 0.356 e. The van der Waals surface area contributed by atoms with Crippen molar-refractivity contribution in [1.29, 1.82) is 15.8 Å². The molecule has 0 saturated carbocycles. The summed E-state index contributed by atoms with van der Waals surface area (Å²) in [5.41, 5.74) is 31.9. The molecular weight excluding hydrogens is 1800 g/mol. The summed E-state index contributed by atoms with van der Waals surface area (Å²) < 4.78 is 0. The van der Waals surface area contributed by atoms with E-state index in [1.807, 2.05) is 237 Å². The first-order valence-electron chi connectivity index (χ1n) is 47.2. The van der Waals surface area contributed by atoms with E-state index in [4.69, 9.17) is 35.5 Å². The molecule has 5 aromatic heterocycles. The van der Waals surface area contributed by atoms with Crippen LogP contribution in [0.1, 0.15) is 16.7 Å². The molecule has 0 spiro atoms. The Hall–Kier alpha value is -21.4. The molecule has 0 radical (unpaired) electrons. The quantitative estimate of drug-likeness (QED) is 0.0398. The number of aromatic amines is 1. The number of nitrogens with zero attached hydrogens (tertiary/aromatic N) is 10. The highest BCUT2D eigenvalue weighted by atomic mass is 14.9. The zero-order valence-electron chi connectivity index (χ0n) is 79.6. The van der Waals surface area contributed by atoms with Gasteiger partial charge in [0.2, 0.25) is 0 Å². The van der Waals surface area contributed by atoms with E-state index in [2.05, 4.69) is 308 Å². The first-order chi connectivity index (χ1) is 72.5. The number of H-pyrrole nitrogens is 1. The maximum atomic E-state index is 8.90. The average molecular weight is 1890 g/mol. The minimum Gasteiger partial charge on any atom is -0.356 e. The second-order valence-electron chi connectivity index (χ2n) is 33.5. The lowest BCUT2D eigenvalue weighted by Crippen LogP contribution is -1.90. The van der Waals surface area contributed by atoms with Gasteiger partial charge in [-0.1, -0.05) is 243 Å². The van der Waals surface area contributed by atoms with Gasteiger partial charge >= 0.3 is 0 Å². The third-order valence-electron chi connectivity index (χ3n) is 23.6. The first kappa shape index (κ1) is 97.3. The molecule has 698 valence electrons. The number of nitrogens with one attached hydrogen (secondary N) is 7. The van der Waals surface area contributed by atoms with Crippen LogP contribution in [0, 0.1) is 53.7 Å². The summed E-state index contributed by atoms with van der Waals surface area (Å²) in [7, 11) is 0. The monoisotopic (exact) mass is 1890 g/mol. The van der Waals surface area contributed by atoms with Crippen LogP contribution < -0.4 is 31.9 Å². The molecule has 147 heavy (non-hydrogen) atoms. The van der Waals surface area contributed by atoms with Gasteiger partial charge in [-0.2, -0.15) is 15.8 Å². The summed E-state index contributed by atoms with van der Waals surface area (Å²) in [6.07, 6.45) is 12.7. The van der Waals surface area contributed by atoms with Crippen LogP contribution >= 0.6 is 0 Å². The summed E-state index contributed by atoms with van der Waals surface area (Å²) in [5, 5.41) is 53.6. The maximum absolute atomic E-state index is 8.90. The number of fused-ring (bicyclic) bond motifs is 5. The molecule has 0 saturated heterocycles. The van der Waals surface area contributed by atoms with Crippen LogP contribution in [-0.4, -0.2) is 24.9 Å². The van der Waals surface area contributed by atoms with Gasteiger partial charge in [0, 0.05) is 134 Å². The van der Waals surface area contributed by atoms with Gasteiger partial charge in [-0.05, 0) is 319 Å². The molecule has 17 heteroatoms. The lowest BCUT2D eigenvalue weighted by molar-refractivity contribution is 1.33. The number of aromatic nitrogens is 5. The fourth-order valence-electron chi connectivity index (χ4n) is 15.9. The molecule has 0 unspecified atom stereocenters. The van der Waals surface area contributed by atoms with Crippen LogP contribution in [0.4, 0.5) is 85.3 Å². The van der Waals surface area contributed by atoms with Crippen molar-refractivity contribution in [3.8, 4) is 85.1 Å². The van der Waals surface area contributed by atoms with Crippen LogP contribution in [0.25, 0.3) is 125 Å². The standard InChI is InChI=1S/C23H18N2.C21H16N2.C19H14N2.2C18H13N3.C17H12N2.C14H7N3/c1-2-5-18(6-3-1)19-8-12-22(13-9-19)25-23-14-10-20(11-15-23)21-7-4-16-24-17-21;1-2-5-18-14-21(12-9-16(18)4-1)23-20-10-7-17(8-11-20)19-6-3-13-22-15-19;20-14-15-9-11-18(12-10-15)21-19-8-4-7-17(13-19)16-5-2-1-3-6-16;1-19-16-6-8-18(9-7-16)21-17-4-2-14(3-5-17)15-10-12-20-13-11-15;1-19-15-9-11-17(12-10-15)21-16-7-5-14(6-8-16)18-4-2-3-13-20-18;18-12-13-5-8-16(9-6-13)19-17-10-7-14-3-1-2-4-15(14)11-17;1-16-10-3-5-14-12(7-10)11-6-9(8-15)2-4-13(11)17-14/h1-17,25H;1-15,23H;1-13,21H;2*2-13,21H;1-11,19H;2-7,17H.